The molecule has 2 N–H and O–H groups in total. The van der Waals surface area contributed by atoms with E-state index in [1.165, 1.54) is 30.3 Å². The van der Waals surface area contributed by atoms with Crippen LogP contribution in [0.2, 0.25) is 0 Å². The van der Waals surface area contributed by atoms with Gasteiger partial charge in [0.25, 0.3) is 0 Å². The summed E-state index contributed by atoms with van der Waals surface area (Å²) in [5, 5.41) is 18.1. The lowest BCUT2D eigenvalue weighted by atomic mass is 10.1. The number of ether oxygens (including phenoxy) is 1. The number of fused-ring (bicyclic) bond motifs is 1. The molecule has 0 atom stereocenters. The van der Waals surface area contributed by atoms with E-state index in [9.17, 15) is 22.7 Å². The maximum Gasteiger partial charge on any atom is 0.573 e. The average Bonchev–Trinajstić information content (AvgIpc) is 2.59. The van der Waals surface area contributed by atoms with Crippen molar-refractivity contribution in [3.63, 3.8) is 0 Å². The van der Waals surface area contributed by atoms with E-state index in [0.29, 0.717) is 16.0 Å². The highest BCUT2D eigenvalue weighted by Crippen LogP contribution is 2.35. The summed E-state index contributed by atoms with van der Waals surface area (Å²) < 4.78 is 55.1. The zero-order valence-corrected chi connectivity index (χ0v) is 14.4. The minimum Gasteiger partial charge on any atom is -0.493 e. The molecule has 0 unspecified atom stereocenters. The zero-order valence-electron chi connectivity index (χ0n) is 13.5. The Kier molecular flexibility index (Phi) is 5.22. The van der Waals surface area contributed by atoms with Crippen LogP contribution >= 0.6 is 11.8 Å². The fourth-order valence-electron chi connectivity index (χ4n) is 2.54. The third-order valence-corrected chi connectivity index (χ3v) is 4.68. The SMILES string of the molecule is N=Cc1c(O)nc(SCc2cccc(OC(F)(F)F)c2)c2cccc(F)c12. The van der Waals surface area contributed by atoms with Gasteiger partial charge in [-0.15, -0.1) is 24.9 Å². The quantitative estimate of drug-likeness (QED) is 0.350. The van der Waals surface area contributed by atoms with Gasteiger partial charge in [0.05, 0.1) is 5.56 Å². The number of aromatic nitrogens is 1. The normalized spacial score (nSPS) is 11.6. The molecule has 0 radical (unpaired) electrons. The van der Waals surface area contributed by atoms with E-state index in [1.54, 1.807) is 12.1 Å². The molecule has 1 heterocycles. The first-order valence-corrected chi connectivity index (χ1v) is 8.56. The Hall–Kier alpha value is -2.81. The Morgan fingerprint density at radius 1 is 1.19 bits per heavy atom. The molecule has 3 aromatic rings. The van der Waals surface area contributed by atoms with Crippen LogP contribution in [0, 0.1) is 11.2 Å². The van der Waals surface area contributed by atoms with Gasteiger partial charge < -0.3 is 15.3 Å². The van der Waals surface area contributed by atoms with Gasteiger partial charge >= 0.3 is 6.36 Å². The monoisotopic (exact) mass is 396 g/mol. The maximum absolute atomic E-state index is 14.2. The first kappa shape index (κ1) is 19.0. The van der Waals surface area contributed by atoms with Crippen molar-refractivity contribution in [3.8, 4) is 11.6 Å². The number of aromatic hydroxyl groups is 1. The molecule has 9 heteroatoms. The van der Waals surface area contributed by atoms with Crippen LogP contribution in [-0.4, -0.2) is 22.7 Å². The number of nitrogens with one attached hydrogen (secondary N) is 1. The van der Waals surface area contributed by atoms with E-state index in [0.717, 1.165) is 18.0 Å². The highest BCUT2D eigenvalue weighted by atomic mass is 32.2. The van der Waals surface area contributed by atoms with Crippen molar-refractivity contribution in [1.29, 1.82) is 5.41 Å². The van der Waals surface area contributed by atoms with E-state index in [1.807, 2.05) is 0 Å². The molecule has 2 aromatic carbocycles. The molecule has 3 rings (SSSR count). The number of benzene rings is 2. The van der Waals surface area contributed by atoms with Crippen molar-refractivity contribution in [2.24, 2.45) is 0 Å². The molecular formula is C18H12F4N2O2S. The standard InChI is InChI=1S/C18H12F4N2O2S/c19-14-6-2-5-12-15(14)13(8-23)16(25)24-17(12)27-9-10-3-1-4-11(7-10)26-18(20,21)22/h1-8,23H,9H2,(H,24,25). The number of pyridine rings is 1. The van der Waals surface area contributed by atoms with Crippen LogP contribution in [0.3, 0.4) is 0 Å². The second kappa shape index (κ2) is 7.43. The highest BCUT2D eigenvalue weighted by Gasteiger charge is 2.31. The van der Waals surface area contributed by atoms with Crippen molar-refractivity contribution in [2.75, 3.05) is 0 Å². The maximum atomic E-state index is 14.2. The van der Waals surface area contributed by atoms with Crippen molar-refractivity contribution in [2.45, 2.75) is 17.1 Å². The summed E-state index contributed by atoms with van der Waals surface area (Å²) in [5.74, 6) is -1.21. The Morgan fingerprint density at radius 3 is 2.63 bits per heavy atom. The van der Waals surface area contributed by atoms with Crippen LogP contribution in [0.25, 0.3) is 10.8 Å². The summed E-state index contributed by atoms with van der Waals surface area (Å²) in [7, 11) is 0. The number of hydrogen-bond donors (Lipinski definition) is 2. The van der Waals surface area contributed by atoms with Gasteiger partial charge in [0.1, 0.15) is 16.6 Å². The second-order valence-electron chi connectivity index (χ2n) is 5.44. The molecule has 0 saturated carbocycles. The Morgan fingerprint density at radius 2 is 1.93 bits per heavy atom. The van der Waals surface area contributed by atoms with Crippen LogP contribution in [-0.2, 0) is 5.75 Å². The molecule has 4 nitrogen and oxygen atoms in total. The van der Waals surface area contributed by atoms with E-state index in [2.05, 4.69) is 9.72 Å². The summed E-state index contributed by atoms with van der Waals surface area (Å²) in [6.07, 6.45) is -3.96. The summed E-state index contributed by atoms with van der Waals surface area (Å²) in [6, 6.07) is 9.77. The van der Waals surface area contributed by atoms with Crippen molar-refractivity contribution in [3.05, 3.63) is 59.4 Å². The third kappa shape index (κ3) is 4.30. The fourth-order valence-corrected chi connectivity index (χ4v) is 3.49. The molecular weight excluding hydrogens is 384 g/mol. The van der Waals surface area contributed by atoms with E-state index >= 15 is 0 Å². The lowest BCUT2D eigenvalue weighted by Gasteiger charge is -2.12. The van der Waals surface area contributed by atoms with Crippen molar-refractivity contribution >= 4 is 28.7 Å². The molecule has 0 aliphatic rings. The molecule has 0 saturated heterocycles. The third-order valence-electron chi connectivity index (χ3n) is 3.61. The van der Waals surface area contributed by atoms with Gasteiger partial charge in [0.15, 0.2) is 0 Å². The minimum atomic E-state index is -4.78. The van der Waals surface area contributed by atoms with E-state index < -0.39 is 18.1 Å². The van der Waals surface area contributed by atoms with Crippen LogP contribution in [0.1, 0.15) is 11.1 Å². The molecule has 0 aliphatic carbocycles. The zero-order chi connectivity index (χ0) is 19.6. The van der Waals surface area contributed by atoms with Gasteiger partial charge in [-0.3, -0.25) is 0 Å². The molecule has 1 aromatic heterocycles. The van der Waals surface area contributed by atoms with Gasteiger partial charge in [-0.25, -0.2) is 9.37 Å². The molecule has 0 fully saturated rings. The van der Waals surface area contributed by atoms with E-state index in [4.69, 9.17) is 5.41 Å². The summed E-state index contributed by atoms with van der Waals surface area (Å²) >= 11 is 1.12. The van der Waals surface area contributed by atoms with Crippen LogP contribution in [0.15, 0.2) is 47.5 Å². The summed E-state index contributed by atoms with van der Waals surface area (Å²) in [4.78, 5) is 4.00. The van der Waals surface area contributed by atoms with Gasteiger partial charge in [-0.05, 0) is 23.8 Å². The first-order valence-electron chi connectivity index (χ1n) is 7.57. The molecule has 0 amide bonds. The Bertz CT molecular complexity index is 1010. The lowest BCUT2D eigenvalue weighted by molar-refractivity contribution is -0.274. The second-order valence-corrected chi connectivity index (χ2v) is 6.41. The number of halogens is 4. The summed E-state index contributed by atoms with van der Waals surface area (Å²) in [6.45, 7) is 0. The first-order chi connectivity index (χ1) is 12.8. The van der Waals surface area contributed by atoms with Crippen molar-refractivity contribution < 1.29 is 27.4 Å². The summed E-state index contributed by atoms with van der Waals surface area (Å²) in [5.41, 5.74) is 0.497. The predicted molar refractivity (Wildman–Crippen MR) is 93.9 cm³/mol. The topological polar surface area (TPSA) is 66.2 Å². The predicted octanol–water partition coefficient (Wildman–Crippen LogP) is 5.27. The molecule has 0 aliphatic heterocycles. The van der Waals surface area contributed by atoms with Gasteiger partial charge in [0, 0.05) is 22.7 Å². The number of thioether (sulfide) groups is 1. The van der Waals surface area contributed by atoms with Crippen LogP contribution < -0.4 is 4.74 Å². The number of nitrogens with zero attached hydrogens (tertiary/aromatic N) is 1. The molecule has 140 valence electrons. The lowest BCUT2D eigenvalue weighted by Crippen LogP contribution is -2.17. The number of alkyl halides is 3. The number of rotatable bonds is 5. The largest absolute Gasteiger partial charge is 0.573 e. The molecule has 0 bridgehead atoms. The van der Waals surface area contributed by atoms with Crippen LogP contribution in [0.5, 0.6) is 11.6 Å². The smallest absolute Gasteiger partial charge is 0.493 e. The van der Waals surface area contributed by atoms with E-state index in [-0.39, 0.29) is 22.5 Å². The fraction of sp³-hybridized carbons (Fsp3) is 0.111. The molecule has 27 heavy (non-hydrogen) atoms. The van der Waals surface area contributed by atoms with Crippen LogP contribution in [0.4, 0.5) is 17.6 Å². The minimum absolute atomic E-state index is 0.0342. The van der Waals surface area contributed by atoms with Gasteiger partial charge in [0.2, 0.25) is 5.88 Å². The Balaban J connectivity index is 1.91. The van der Waals surface area contributed by atoms with Gasteiger partial charge in [-0.2, -0.15) is 0 Å². The number of hydrogen-bond acceptors (Lipinski definition) is 5. The average molecular weight is 396 g/mol. The highest BCUT2D eigenvalue weighted by molar-refractivity contribution is 7.98. The Labute approximate surface area is 155 Å². The van der Waals surface area contributed by atoms with Crippen molar-refractivity contribution in [1.82, 2.24) is 4.98 Å². The van der Waals surface area contributed by atoms with Gasteiger partial charge in [-0.1, -0.05) is 24.3 Å². The molecule has 0 spiro atoms.